The largest absolute Gasteiger partial charge is 0.338 e. The third-order valence-corrected chi connectivity index (χ3v) is 1.31. The van der Waals surface area contributed by atoms with Crippen molar-refractivity contribution in [3.63, 3.8) is 0 Å². The molecule has 0 saturated heterocycles. The minimum atomic E-state index is -0.566. The first-order chi connectivity index (χ1) is 5.74. The molecule has 0 aliphatic carbocycles. The van der Waals surface area contributed by atoms with Gasteiger partial charge in [-0.2, -0.15) is 0 Å². The Kier molecular flexibility index (Phi) is 6.05. The van der Waals surface area contributed by atoms with Crippen molar-refractivity contribution in [3.8, 4) is 0 Å². The van der Waals surface area contributed by atoms with E-state index in [0.29, 0.717) is 13.0 Å². The minimum Gasteiger partial charge on any atom is -0.338 e. The molecule has 0 saturated carbocycles. The molecule has 0 bridgehead atoms. The maximum atomic E-state index is 12.2. The number of amides is 2. The maximum absolute atomic E-state index is 12.2. The van der Waals surface area contributed by atoms with Crippen molar-refractivity contribution in [3.05, 3.63) is 12.7 Å². The zero-order valence-electron chi connectivity index (χ0n) is 7.27. The predicted molar refractivity (Wildman–Crippen MR) is 46.8 cm³/mol. The third-order valence-electron chi connectivity index (χ3n) is 1.31. The van der Waals surface area contributed by atoms with Crippen LogP contribution in [0.5, 0.6) is 0 Å². The van der Waals surface area contributed by atoms with E-state index >= 15 is 0 Å². The van der Waals surface area contributed by atoms with Crippen molar-refractivity contribution in [2.45, 2.75) is 19.4 Å². The van der Waals surface area contributed by atoms with Crippen molar-refractivity contribution in [1.29, 1.82) is 0 Å². The first kappa shape index (κ1) is 10.9. The number of hydrogen-bond acceptors (Lipinski definition) is 1. The van der Waals surface area contributed by atoms with E-state index in [1.54, 1.807) is 13.0 Å². The summed E-state index contributed by atoms with van der Waals surface area (Å²) in [5, 5.41) is 4.99. The molecule has 0 aromatic rings. The fraction of sp³-hybridized carbons (Fsp3) is 0.625. The molecule has 4 heteroatoms. The maximum Gasteiger partial charge on any atom is 0.315 e. The van der Waals surface area contributed by atoms with Crippen LogP contribution < -0.4 is 10.6 Å². The minimum absolute atomic E-state index is 0.331. The number of nitrogens with one attached hydrogen (secondary N) is 2. The first-order valence-electron chi connectivity index (χ1n) is 3.95. The molecule has 0 aromatic carbocycles. The van der Waals surface area contributed by atoms with Crippen LogP contribution >= 0.6 is 0 Å². The lowest BCUT2D eigenvalue weighted by Crippen LogP contribution is -2.42. The van der Waals surface area contributed by atoms with Gasteiger partial charge in [0.05, 0.1) is 6.04 Å². The second-order valence-electron chi connectivity index (χ2n) is 2.38. The SMILES string of the molecule is C=CCC(CF)NC(=O)NCC. The number of rotatable bonds is 5. The normalized spacial score (nSPS) is 11.8. The van der Waals surface area contributed by atoms with Crippen LogP contribution in [0.15, 0.2) is 12.7 Å². The molecule has 12 heavy (non-hydrogen) atoms. The van der Waals surface area contributed by atoms with Gasteiger partial charge < -0.3 is 10.6 Å². The summed E-state index contributed by atoms with van der Waals surface area (Å²) >= 11 is 0. The molecule has 0 aliphatic heterocycles. The number of alkyl halides is 1. The van der Waals surface area contributed by atoms with Crippen LogP contribution in [0, 0.1) is 0 Å². The van der Waals surface area contributed by atoms with Gasteiger partial charge in [-0.3, -0.25) is 0 Å². The Bertz CT molecular complexity index is 150. The van der Waals surface area contributed by atoms with Gasteiger partial charge in [0.25, 0.3) is 0 Å². The zero-order valence-corrected chi connectivity index (χ0v) is 7.27. The lowest BCUT2D eigenvalue weighted by Gasteiger charge is -2.13. The van der Waals surface area contributed by atoms with E-state index in [2.05, 4.69) is 17.2 Å². The molecule has 3 nitrogen and oxygen atoms in total. The molecular formula is C8H15FN2O. The van der Waals surface area contributed by atoms with Crippen molar-refractivity contribution >= 4 is 6.03 Å². The van der Waals surface area contributed by atoms with Crippen molar-refractivity contribution in [2.75, 3.05) is 13.2 Å². The van der Waals surface area contributed by atoms with E-state index in [0.717, 1.165) is 0 Å². The second-order valence-corrected chi connectivity index (χ2v) is 2.38. The van der Waals surface area contributed by atoms with Gasteiger partial charge in [0.2, 0.25) is 0 Å². The Labute approximate surface area is 72.0 Å². The van der Waals surface area contributed by atoms with E-state index < -0.39 is 12.7 Å². The number of halogens is 1. The van der Waals surface area contributed by atoms with Crippen molar-refractivity contribution in [1.82, 2.24) is 10.6 Å². The van der Waals surface area contributed by atoms with Gasteiger partial charge in [0.15, 0.2) is 0 Å². The molecule has 0 spiro atoms. The monoisotopic (exact) mass is 174 g/mol. The van der Waals surface area contributed by atoms with Crippen LogP contribution in [0.2, 0.25) is 0 Å². The molecule has 0 rings (SSSR count). The predicted octanol–water partition coefficient (Wildman–Crippen LogP) is 1.22. The number of urea groups is 1. The third kappa shape index (κ3) is 4.71. The standard InChI is InChI=1S/C8H15FN2O/c1-3-5-7(6-9)11-8(12)10-4-2/h3,7H,1,4-6H2,2H3,(H2,10,11,12). The highest BCUT2D eigenvalue weighted by molar-refractivity contribution is 5.74. The Morgan fingerprint density at radius 1 is 1.75 bits per heavy atom. The van der Waals surface area contributed by atoms with Crippen LogP contribution in [0.1, 0.15) is 13.3 Å². The molecule has 70 valence electrons. The average Bonchev–Trinajstić information content (AvgIpc) is 2.04. The second kappa shape index (κ2) is 6.64. The quantitative estimate of drug-likeness (QED) is 0.604. The van der Waals surface area contributed by atoms with E-state index in [1.807, 2.05) is 0 Å². The summed E-state index contributed by atoms with van der Waals surface area (Å²) in [5.74, 6) is 0. The highest BCUT2D eigenvalue weighted by atomic mass is 19.1. The summed E-state index contributed by atoms with van der Waals surface area (Å²) in [5.41, 5.74) is 0. The molecule has 2 amide bonds. The smallest absolute Gasteiger partial charge is 0.315 e. The van der Waals surface area contributed by atoms with Crippen LogP contribution in [-0.4, -0.2) is 25.3 Å². The lowest BCUT2D eigenvalue weighted by molar-refractivity contribution is 0.234. The zero-order chi connectivity index (χ0) is 9.40. The van der Waals surface area contributed by atoms with E-state index in [-0.39, 0.29) is 6.03 Å². The molecule has 0 radical (unpaired) electrons. The highest BCUT2D eigenvalue weighted by Gasteiger charge is 2.08. The summed E-state index contributed by atoms with van der Waals surface area (Å²) in [6.07, 6.45) is 2.03. The Hall–Kier alpha value is -1.06. The fourth-order valence-electron chi connectivity index (χ4n) is 0.759. The van der Waals surface area contributed by atoms with E-state index in [4.69, 9.17) is 0 Å². The van der Waals surface area contributed by atoms with Gasteiger partial charge in [0, 0.05) is 6.54 Å². The molecule has 0 fully saturated rings. The molecule has 0 aromatic heterocycles. The van der Waals surface area contributed by atoms with Gasteiger partial charge in [0.1, 0.15) is 6.67 Å². The molecule has 0 aliphatic rings. The first-order valence-corrected chi connectivity index (χ1v) is 3.95. The van der Waals surface area contributed by atoms with Crippen LogP contribution in [0.4, 0.5) is 9.18 Å². The van der Waals surface area contributed by atoms with Crippen molar-refractivity contribution in [2.24, 2.45) is 0 Å². The Morgan fingerprint density at radius 2 is 2.42 bits per heavy atom. The van der Waals surface area contributed by atoms with Crippen LogP contribution in [0.3, 0.4) is 0 Å². The average molecular weight is 174 g/mol. The fourth-order valence-corrected chi connectivity index (χ4v) is 0.759. The van der Waals surface area contributed by atoms with Gasteiger partial charge in [-0.15, -0.1) is 6.58 Å². The van der Waals surface area contributed by atoms with Crippen LogP contribution in [-0.2, 0) is 0 Å². The van der Waals surface area contributed by atoms with Crippen LogP contribution in [0.25, 0.3) is 0 Å². The van der Waals surface area contributed by atoms with E-state index in [9.17, 15) is 9.18 Å². The van der Waals surface area contributed by atoms with E-state index in [1.165, 1.54) is 0 Å². The molecule has 2 N–H and O–H groups in total. The van der Waals surface area contributed by atoms with Gasteiger partial charge >= 0.3 is 6.03 Å². The Morgan fingerprint density at radius 3 is 2.83 bits per heavy atom. The summed E-state index contributed by atoms with van der Waals surface area (Å²) in [6, 6.07) is -0.781. The van der Waals surface area contributed by atoms with Crippen molar-refractivity contribution < 1.29 is 9.18 Å². The molecule has 1 atom stereocenters. The molecular weight excluding hydrogens is 159 g/mol. The van der Waals surface area contributed by atoms with Gasteiger partial charge in [-0.05, 0) is 13.3 Å². The van der Waals surface area contributed by atoms with Gasteiger partial charge in [-0.1, -0.05) is 6.08 Å². The topological polar surface area (TPSA) is 41.1 Å². The molecule has 0 heterocycles. The summed E-state index contributed by atoms with van der Waals surface area (Å²) < 4.78 is 12.2. The highest BCUT2D eigenvalue weighted by Crippen LogP contribution is 1.93. The van der Waals surface area contributed by atoms with Gasteiger partial charge in [-0.25, -0.2) is 9.18 Å². The summed E-state index contributed by atoms with van der Waals surface area (Å²) in [6.45, 7) is 5.24. The summed E-state index contributed by atoms with van der Waals surface area (Å²) in [7, 11) is 0. The lowest BCUT2D eigenvalue weighted by atomic mass is 10.2. The Balaban J connectivity index is 3.68. The number of carbonyl (C=O) groups excluding carboxylic acids is 1. The number of hydrogen-bond donors (Lipinski definition) is 2. The molecule has 1 unspecified atom stereocenters. The summed E-state index contributed by atoms with van der Waals surface area (Å²) in [4.78, 5) is 10.9. The number of carbonyl (C=O) groups is 1.